The summed E-state index contributed by atoms with van der Waals surface area (Å²) in [4.78, 5) is 68.2. The lowest BCUT2D eigenvalue weighted by Gasteiger charge is -2.38. The summed E-state index contributed by atoms with van der Waals surface area (Å²) in [6.45, 7) is 14.2. The standard InChI is InChI=1S/C47H61N7O6/c1-31-15-14-18-35(49-31)30-53-25-26-54(44(53)58)41(47(5,6)7)43(57)50-36(27-33-20-22-34(23-21-33)37-19-12-13-24-48-37)29-39(55)38(28-32-16-10-9-11-17-32)51-42(56)40(46(2,3)4)52(8)45(59)60/h9-24,36,38-41,55H,25-30H2,1-8H3,(H,50,57)(H,51,56)(H,59,60)/t36-,38-,39-,40+,41+/m0/s1. The van der Waals surface area contributed by atoms with Crippen molar-refractivity contribution in [2.45, 2.75) is 105 Å². The minimum absolute atomic E-state index is 0.0381. The highest BCUT2D eigenvalue weighted by atomic mass is 16.4. The molecule has 0 bridgehead atoms. The second kappa shape index (κ2) is 19.5. The van der Waals surface area contributed by atoms with Gasteiger partial charge in [0, 0.05) is 43.6 Å². The van der Waals surface area contributed by atoms with E-state index in [1.165, 1.54) is 7.05 Å². The van der Waals surface area contributed by atoms with E-state index in [2.05, 4.69) is 20.6 Å². The first-order chi connectivity index (χ1) is 28.3. The number of nitrogens with zero attached hydrogens (tertiary/aromatic N) is 5. The lowest BCUT2D eigenvalue weighted by molar-refractivity contribution is -0.131. The maximum absolute atomic E-state index is 14.7. The molecule has 1 aliphatic rings. The van der Waals surface area contributed by atoms with E-state index >= 15 is 0 Å². The third-order valence-corrected chi connectivity index (χ3v) is 10.9. The van der Waals surface area contributed by atoms with Crippen molar-refractivity contribution in [3.8, 4) is 11.3 Å². The molecule has 4 N–H and O–H groups in total. The number of benzene rings is 2. The lowest BCUT2D eigenvalue weighted by Crippen LogP contribution is -2.59. The summed E-state index contributed by atoms with van der Waals surface area (Å²) in [5.41, 5.74) is 3.70. The van der Waals surface area contributed by atoms with E-state index in [9.17, 15) is 29.4 Å². The van der Waals surface area contributed by atoms with Crippen molar-refractivity contribution in [2.75, 3.05) is 20.1 Å². The van der Waals surface area contributed by atoms with Crippen LogP contribution in [0.25, 0.3) is 11.3 Å². The fourth-order valence-electron chi connectivity index (χ4n) is 8.11. The SMILES string of the molecule is Cc1cccc(CN2CCN([C@H](C(=O)N[C@@H](Cc3ccc(-c4ccccn4)cc3)C[C@H](O)[C@H](Cc3ccccc3)NC(=O)[C@@H](N(C)C(=O)O)C(C)(C)C)C(C)(C)C)C2=O)n1. The van der Waals surface area contributed by atoms with Gasteiger partial charge in [0.15, 0.2) is 0 Å². The summed E-state index contributed by atoms with van der Waals surface area (Å²) >= 11 is 0. The molecule has 5 rings (SSSR count). The van der Waals surface area contributed by atoms with E-state index in [4.69, 9.17) is 0 Å². The molecule has 1 fully saturated rings. The molecule has 0 radical (unpaired) electrons. The van der Waals surface area contributed by atoms with Crippen molar-refractivity contribution < 1.29 is 29.4 Å². The number of aliphatic hydroxyl groups is 1. The number of hydrogen-bond donors (Lipinski definition) is 4. The molecule has 4 aromatic rings. The molecular weight excluding hydrogens is 759 g/mol. The number of rotatable bonds is 16. The molecule has 0 spiro atoms. The Labute approximate surface area is 354 Å². The van der Waals surface area contributed by atoms with Gasteiger partial charge in [-0.15, -0.1) is 0 Å². The smallest absolute Gasteiger partial charge is 0.407 e. The van der Waals surface area contributed by atoms with Crippen LogP contribution in [0.4, 0.5) is 9.59 Å². The quantitative estimate of drug-likeness (QED) is 0.102. The highest BCUT2D eigenvalue weighted by Gasteiger charge is 2.44. The van der Waals surface area contributed by atoms with Gasteiger partial charge in [-0.05, 0) is 72.4 Å². The second-order valence-corrected chi connectivity index (χ2v) is 18.0. The van der Waals surface area contributed by atoms with Crippen LogP contribution >= 0.6 is 0 Å². The first-order valence-electron chi connectivity index (χ1n) is 20.6. The molecule has 2 aromatic heterocycles. The number of carboxylic acid groups (broad SMARTS) is 1. The van der Waals surface area contributed by atoms with E-state index in [0.717, 1.165) is 38.7 Å². The van der Waals surface area contributed by atoms with Crippen LogP contribution < -0.4 is 10.6 Å². The summed E-state index contributed by atoms with van der Waals surface area (Å²) in [6.07, 6.45) is -0.0708. The zero-order valence-electron chi connectivity index (χ0n) is 36.1. The van der Waals surface area contributed by atoms with Gasteiger partial charge in [0.1, 0.15) is 12.1 Å². The molecule has 5 amide bonds. The zero-order valence-corrected chi connectivity index (χ0v) is 36.1. The summed E-state index contributed by atoms with van der Waals surface area (Å²) in [5.74, 6) is -0.892. The van der Waals surface area contributed by atoms with Crippen molar-refractivity contribution >= 4 is 23.9 Å². The van der Waals surface area contributed by atoms with Gasteiger partial charge in [-0.2, -0.15) is 0 Å². The number of likely N-dealkylation sites (N-methyl/N-ethyl adjacent to an activating group) is 1. The van der Waals surface area contributed by atoms with Gasteiger partial charge in [0.25, 0.3) is 0 Å². The maximum atomic E-state index is 14.7. The number of aryl methyl sites for hydroxylation is 1. The fourth-order valence-corrected chi connectivity index (χ4v) is 8.11. The summed E-state index contributed by atoms with van der Waals surface area (Å²) in [6, 6.07) is 25.1. The Bertz CT molecular complexity index is 2070. The molecule has 3 heterocycles. The zero-order chi connectivity index (χ0) is 43.8. The largest absolute Gasteiger partial charge is 0.465 e. The van der Waals surface area contributed by atoms with E-state index in [1.807, 2.05) is 119 Å². The van der Waals surface area contributed by atoms with Crippen molar-refractivity contribution in [1.82, 2.24) is 35.3 Å². The number of amides is 5. The van der Waals surface area contributed by atoms with Crippen molar-refractivity contribution in [1.29, 1.82) is 0 Å². The molecule has 1 aliphatic heterocycles. The van der Waals surface area contributed by atoms with Crippen LogP contribution in [0.1, 0.15) is 70.5 Å². The van der Waals surface area contributed by atoms with Crippen LogP contribution in [0, 0.1) is 17.8 Å². The Kier molecular flexibility index (Phi) is 14.7. The Morgan fingerprint density at radius 1 is 0.800 bits per heavy atom. The monoisotopic (exact) mass is 819 g/mol. The minimum Gasteiger partial charge on any atom is -0.465 e. The number of aromatic nitrogens is 2. The summed E-state index contributed by atoms with van der Waals surface area (Å²) in [7, 11) is 1.36. The molecule has 13 nitrogen and oxygen atoms in total. The Balaban J connectivity index is 1.44. The van der Waals surface area contributed by atoms with Gasteiger partial charge >= 0.3 is 12.1 Å². The average Bonchev–Trinajstić information content (AvgIpc) is 3.52. The molecule has 320 valence electrons. The van der Waals surface area contributed by atoms with Crippen LogP contribution in [-0.2, 0) is 29.0 Å². The van der Waals surface area contributed by atoms with Crippen LogP contribution in [0.15, 0.2) is 97.2 Å². The minimum atomic E-state index is -1.25. The third-order valence-electron chi connectivity index (χ3n) is 10.9. The maximum Gasteiger partial charge on any atom is 0.407 e. The summed E-state index contributed by atoms with van der Waals surface area (Å²) < 4.78 is 0. The number of aliphatic hydroxyl groups excluding tert-OH is 1. The van der Waals surface area contributed by atoms with Crippen LogP contribution in [-0.4, -0.2) is 109 Å². The molecule has 13 heteroatoms. The average molecular weight is 820 g/mol. The van der Waals surface area contributed by atoms with Crippen LogP contribution in [0.2, 0.25) is 0 Å². The Morgan fingerprint density at radius 3 is 2.07 bits per heavy atom. The fraction of sp³-hybridized carbons (Fsp3) is 0.447. The van der Waals surface area contributed by atoms with Gasteiger partial charge in [-0.25, -0.2) is 9.59 Å². The molecule has 0 aliphatic carbocycles. The molecular formula is C47H61N7O6. The number of pyridine rings is 2. The highest BCUT2D eigenvalue weighted by Crippen LogP contribution is 2.30. The number of nitrogens with one attached hydrogen (secondary N) is 2. The lowest BCUT2D eigenvalue weighted by atomic mass is 9.84. The van der Waals surface area contributed by atoms with E-state index in [0.29, 0.717) is 26.1 Å². The number of urea groups is 1. The first-order valence-corrected chi connectivity index (χ1v) is 20.6. The molecule has 60 heavy (non-hydrogen) atoms. The van der Waals surface area contributed by atoms with E-state index in [1.54, 1.807) is 36.8 Å². The molecule has 5 atom stereocenters. The molecule has 1 saturated heterocycles. The van der Waals surface area contributed by atoms with Gasteiger partial charge in [0.2, 0.25) is 11.8 Å². The Morgan fingerprint density at radius 2 is 1.47 bits per heavy atom. The van der Waals surface area contributed by atoms with Crippen molar-refractivity contribution in [3.05, 3.63) is 120 Å². The van der Waals surface area contributed by atoms with Crippen molar-refractivity contribution in [3.63, 3.8) is 0 Å². The highest BCUT2D eigenvalue weighted by molar-refractivity contribution is 5.89. The predicted molar refractivity (Wildman–Crippen MR) is 232 cm³/mol. The second-order valence-electron chi connectivity index (χ2n) is 18.0. The number of hydrogen-bond acceptors (Lipinski definition) is 7. The van der Waals surface area contributed by atoms with E-state index < -0.39 is 53.1 Å². The van der Waals surface area contributed by atoms with Gasteiger partial charge in [0.05, 0.1) is 30.1 Å². The molecule has 2 aromatic carbocycles. The number of carbonyl (C=O) groups excluding carboxylic acids is 3. The normalized spacial score (nSPS) is 15.8. The van der Waals surface area contributed by atoms with Crippen LogP contribution in [0.5, 0.6) is 0 Å². The van der Waals surface area contributed by atoms with Gasteiger partial charge in [-0.1, -0.05) is 108 Å². The van der Waals surface area contributed by atoms with Gasteiger partial charge in [-0.3, -0.25) is 24.5 Å². The number of carbonyl (C=O) groups is 4. The first kappa shape index (κ1) is 45.3. The van der Waals surface area contributed by atoms with E-state index in [-0.39, 0.29) is 24.8 Å². The van der Waals surface area contributed by atoms with Crippen LogP contribution in [0.3, 0.4) is 0 Å². The summed E-state index contributed by atoms with van der Waals surface area (Å²) in [5, 5.41) is 28.3. The Hall–Kier alpha value is -5.82. The third kappa shape index (κ3) is 11.9. The topological polar surface area (TPSA) is 168 Å². The van der Waals surface area contributed by atoms with Crippen molar-refractivity contribution in [2.24, 2.45) is 10.8 Å². The van der Waals surface area contributed by atoms with Gasteiger partial charge < -0.3 is 30.6 Å². The predicted octanol–water partition coefficient (Wildman–Crippen LogP) is 6.33. The molecule has 0 unspecified atom stereocenters. The molecule has 0 saturated carbocycles.